The van der Waals surface area contributed by atoms with Crippen molar-refractivity contribution in [3.8, 4) is 17.2 Å². The number of rotatable bonds is 7. The van der Waals surface area contributed by atoms with Gasteiger partial charge in [0.15, 0.2) is 0 Å². The van der Waals surface area contributed by atoms with E-state index in [0.717, 1.165) is 35.5 Å². The van der Waals surface area contributed by atoms with E-state index in [-0.39, 0.29) is 30.3 Å². The Morgan fingerprint density at radius 2 is 1.74 bits per heavy atom. The third-order valence-electron chi connectivity index (χ3n) is 6.86. The van der Waals surface area contributed by atoms with Gasteiger partial charge in [0.2, 0.25) is 11.8 Å². The van der Waals surface area contributed by atoms with Crippen molar-refractivity contribution in [1.82, 2.24) is 9.47 Å². The molecule has 2 aliphatic rings. The molecule has 1 saturated carbocycles. The number of amides is 2. The second-order valence-electron chi connectivity index (χ2n) is 9.40. The van der Waals surface area contributed by atoms with Crippen LogP contribution in [0.4, 0.5) is 5.69 Å². The maximum atomic E-state index is 14.1. The minimum Gasteiger partial charge on any atom is -0.497 e. The number of fused-ring (bicyclic) bond motifs is 3. The van der Waals surface area contributed by atoms with Gasteiger partial charge in [-0.25, -0.2) is 0 Å². The molecule has 0 bridgehead atoms. The van der Waals surface area contributed by atoms with Crippen LogP contribution in [0.25, 0.3) is 5.69 Å². The number of carbonyl (C=O) groups is 2. The van der Waals surface area contributed by atoms with Crippen molar-refractivity contribution >= 4 is 17.5 Å². The molecule has 1 aromatic heterocycles. The van der Waals surface area contributed by atoms with E-state index in [1.54, 1.807) is 19.1 Å². The maximum absolute atomic E-state index is 14.1. The van der Waals surface area contributed by atoms with Gasteiger partial charge in [0.05, 0.1) is 31.3 Å². The molecule has 2 amide bonds. The number of hydrogen-bond acceptors (Lipinski definition) is 4. The molecule has 5 rings (SSSR count). The standard InChI is InChI=1S/C28H31N3O4/c1-18(2)30(28(33)19-11-12-19)17-26(32)31-23-9-6-5-8-22(23)29-15-7-10-24(29)27(31)21-16-20(34-3)13-14-25(21)35-4/h5-10,13-16,18-19,27H,11-12,17H2,1-4H3. The predicted octanol–water partition coefficient (Wildman–Crippen LogP) is 4.58. The van der Waals surface area contributed by atoms with Crippen molar-refractivity contribution in [3.63, 3.8) is 0 Å². The van der Waals surface area contributed by atoms with Crippen molar-refractivity contribution in [2.24, 2.45) is 5.92 Å². The minimum absolute atomic E-state index is 0.0187. The number of benzene rings is 2. The fraction of sp³-hybridized carbons (Fsp3) is 0.357. The van der Waals surface area contributed by atoms with Crippen molar-refractivity contribution in [2.75, 3.05) is 25.7 Å². The van der Waals surface area contributed by atoms with Gasteiger partial charge in [-0.3, -0.25) is 14.5 Å². The first kappa shape index (κ1) is 23.0. The van der Waals surface area contributed by atoms with Crippen LogP contribution in [0.15, 0.2) is 60.8 Å². The Morgan fingerprint density at radius 1 is 1.00 bits per heavy atom. The predicted molar refractivity (Wildman–Crippen MR) is 134 cm³/mol. The van der Waals surface area contributed by atoms with Crippen LogP contribution in [0.3, 0.4) is 0 Å². The molecule has 0 saturated heterocycles. The summed E-state index contributed by atoms with van der Waals surface area (Å²) in [6, 6.07) is 17.0. The van der Waals surface area contributed by atoms with Gasteiger partial charge in [-0.1, -0.05) is 12.1 Å². The fourth-order valence-electron chi connectivity index (χ4n) is 4.91. The molecule has 2 heterocycles. The van der Waals surface area contributed by atoms with Crippen molar-refractivity contribution in [3.05, 3.63) is 72.1 Å². The normalized spacial score (nSPS) is 16.5. The van der Waals surface area contributed by atoms with Gasteiger partial charge in [-0.15, -0.1) is 0 Å². The topological polar surface area (TPSA) is 64.0 Å². The summed E-state index contributed by atoms with van der Waals surface area (Å²) in [6.07, 6.45) is 3.81. The van der Waals surface area contributed by atoms with Crippen molar-refractivity contribution < 1.29 is 19.1 Å². The monoisotopic (exact) mass is 473 g/mol. The van der Waals surface area contributed by atoms with Crippen LogP contribution in [0.5, 0.6) is 11.5 Å². The Kier molecular flexibility index (Phi) is 6.01. The summed E-state index contributed by atoms with van der Waals surface area (Å²) in [7, 11) is 3.25. The average Bonchev–Trinajstić information content (AvgIpc) is 3.61. The van der Waals surface area contributed by atoms with Crippen LogP contribution in [-0.4, -0.2) is 48.1 Å². The maximum Gasteiger partial charge on any atom is 0.247 e. The Morgan fingerprint density at radius 3 is 2.40 bits per heavy atom. The van der Waals surface area contributed by atoms with Crippen LogP contribution < -0.4 is 14.4 Å². The van der Waals surface area contributed by atoms with Crippen LogP contribution in [0, 0.1) is 5.92 Å². The first-order chi connectivity index (χ1) is 16.9. The van der Waals surface area contributed by atoms with E-state index in [2.05, 4.69) is 4.57 Å². The Labute approximate surface area is 205 Å². The van der Waals surface area contributed by atoms with Crippen molar-refractivity contribution in [2.45, 2.75) is 38.8 Å². The van der Waals surface area contributed by atoms with Crippen LogP contribution in [-0.2, 0) is 9.59 Å². The lowest BCUT2D eigenvalue weighted by Gasteiger charge is -2.40. The van der Waals surface area contributed by atoms with Gasteiger partial charge in [0.1, 0.15) is 24.1 Å². The van der Waals surface area contributed by atoms with Crippen LogP contribution >= 0.6 is 0 Å². The highest BCUT2D eigenvalue weighted by atomic mass is 16.5. The number of carbonyl (C=O) groups excluding carboxylic acids is 2. The zero-order valence-electron chi connectivity index (χ0n) is 20.6. The summed E-state index contributed by atoms with van der Waals surface area (Å²) in [5.74, 6) is 1.32. The number of ether oxygens (including phenoxy) is 2. The van der Waals surface area contributed by atoms with E-state index >= 15 is 0 Å². The smallest absolute Gasteiger partial charge is 0.247 e. The Bertz CT molecular complexity index is 1260. The number of anilines is 1. The highest BCUT2D eigenvalue weighted by Crippen LogP contribution is 2.45. The minimum atomic E-state index is -0.456. The van der Waals surface area contributed by atoms with Gasteiger partial charge >= 0.3 is 0 Å². The van der Waals surface area contributed by atoms with Gasteiger partial charge in [-0.05, 0) is 69.2 Å². The SMILES string of the molecule is COc1ccc(OC)c(C2c3cccn3-c3ccccc3N2C(=O)CN(C(=O)C2CC2)C(C)C)c1. The second-order valence-corrected chi connectivity index (χ2v) is 9.40. The Balaban J connectivity index is 1.65. The molecule has 1 fully saturated rings. The molecule has 7 nitrogen and oxygen atoms in total. The van der Waals surface area contributed by atoms with E-state index < -0.39 is 6.04 Å². The molecular formula is C28H31N3O4. The number of para-hydroxylation sites is 2. The molecule has 1 unspecified atom stereocenters. The first-order valence-corrected chi connectivity index (χ1v) is 12.1. The highest BCUT2D eigenvalue weighted by Gasteiger charge is 2.40. The summed E-state index contributed by atoms with van der Waals surface area (Å²) in [5.41, 5.74) is 3.47. The number of hydrogen-bond donors (Lipinski definition) is 0. The van der Waals surface area contributed by atoms with Gasteiger partial charge in [0, 0.05) is 23.7 Å². The second kappa shape index (κ2) is 9.13. The summed E-state index contributed by atoms with van der Waals surface area (Å²) in [5, 5.41) is 0. The molecule has 182 valence electrons. The molecule has 35 heavy (non-hydrogen) atoms. The zero-order chi connectivity index (χ0) is 24.7. The quantitative estimate of drug-likeness (QED) is 0.504. The van der Waals surface area contributed by atoms with E-state index in [1.165, 1.54) is 0 Å². The molecule has 1 atom stereocenters. The summed E-state index contributed by atoms with van der Waals surface area (Å²) in [4.78, 5) is 30.7. The van der Waals surface area contributed by atoms with E-state index in [4.69, 9.17) is 9.47 Å². The molecule has 1 aliphatic carbocycles. The molecule has 2 aromatic carbocycles. The van der Waals surface area contributed by atoms with Gasteiger partial charge in [-0.2, -0.15) is 0 Å². The van der Waals surface area contributed by atoms with Crippen molar-refractivity contribution in [1.29, 1.82) is 0 Å². The van der Waals surface area contributed by atoms with E-state index in [1.807, 2.05) is 79.5 Å². The molecule has 0 N–H and O–H groups in total. The van der Waals surface area contributed by atoms with Crippen LogP contribution in [0.1, 0.15) is 44.0 Å². The van der Waals surface area contributed by atoms with Gasteiger partial charge < -0.3 is 18.9 Å². The zero-order valence-corrected chi connectivity index (χ0v) is 20.6. The lowest BCUT2D eigenvalue weighted by Crippen LogP contribution is -2.49. The molecule has 3 aromatic rings. The van der Waals surface area contributed by atoms with Gasteiger partial charge in [0.25, 0.3) is 0 Å². The highest BCUT2D eigenvalue weighted by molar-refractivity contribution is 6.01. The lowest BCUT2D eigenvalue weighted by atomic mass is 9.96. The molecule has 1 aliphatic heterocycles. The molecule has 0 spiro atoms. The molecule has 7 heteroatoms. The molecule has 0 radical (unpaired) electrons. The number of methoxy groups -OCH3 is 2. The molecular weight excluding hydrogens is 442 g/mol. The van der Waals surface area contributed by atoms with E-state index in [0.29, 0.717) is 11.5 Å². The largest absolute Gasteiger partial charge is 0.497 e. The third-order valence-corrected chi connectivity index (χ3v) is 6.86. The number of aromatic nitrogens is 1. The fourth-order valence-corrected chi connectivity index (χ4v) is 4.91. The van der Waals surface area contributed by atoms with Crippen LogP contribution in [0.2, 0.25) is 0 Å². The number of nitrogens with zero attached hydrogens (tertiary/aromatic N) is 3. The third kappa shape index (κ3) is 4.05. The summed E-state index contributed by atoms with van der Waals surface area (Å²) >= 11 is 0. The summed E-state index contributed by atoms with van der Waals surface area (Å²) < 4.78 is 13.4. The Hall–Kier alpha value is -3.74. The summed E-state index contributed by atoms with van der Waals surface area (Å²) in [6.45, 7) is 3.95. The average molecular weight is 474 g/mol. The van der Waals surface area contributed by atoms with E-state index in [9.17, 15) is 9.59 Å². The first-order valence-electron chi connectivity index (χ1n) is 12.1. The lowest BCUT2D eigenvalue weighted by molar-refractivity contribution is -0.138.